The van der Waals surface area contributed by atoms with Crippen molar-refractivity contribution < 1.29 is 9.21 Å². The van der Waals surface area contributed by atoms with Gasteiger partial charge in [0.05, 0.1) is 0 Å². The van der Waals surface area contributed by atoms with Gasteiger partial charge in [0.15, 0.2) is 5.82 Å². The minimum absolute atomic E-state index is 0.0254. The van der Waals surface area contributed by atoms with Crippen molar-refractivity contribution in [2.24, 2.45) is 0 Å². The fraction of sp³-hybridized carbons (Fsp3) is 0.150. The summed E-state index contributed by atoms with van der Waals surface area (Å²) in [4.78, 5) is 33.1. The van der Waals surface area contributed by atoms with Crippen molar-refractivity contribution >= 4 is 22.7 Å². The van der Waals surface area contributed by atoms with Gasteiger partial charge in [-0.1, -0.05) is 18.2 Å². The Bertz CT molecular complexity index is 1220. The van der Waals surface area contributed by atoms with Crippen LogP contribution < -0.4 is 16.3 Å². The molecule has 3 heterocycles. The minimum Gasteiger partial charge on any atom is -0.422 e. The molecule has 2 N–H and O–H groups in total. The second-order valence-corrected chi connectivity index (χ2v) is 6.28. The lowest BCUT2D eigenvalue weighted by Crippen LogP contribution is -2.32. The summed E-state index contributed by atoms with van der Waals surface area (Å²) in [5, 5.41) is 10.7. The fourth-order valence-corrected chi connectivity index (χ4v) is 2.85. The Hall–Kier alpha value is -4.01. The number of rotatable bonds is 6. The number of aryl methyl sites for hydroxylation is 1. The molecule has 0 aliphatic carbocycles. The molecule has 0 saturated carbocycles. The van der Waals surface area contributed by atoms with Crippen molar-refractivity contribution in [3.8, 4) is 5.82 Å². The normalized spacial score (nSPS) is 10.8. The van der Waals surface area contributed by atoms with E-state index in [-0.39, 0.29) is 5.56 Å². The summed E-state index contributed by atoms with van der Waals surface area (Å²) < 4.78 is 6.83. The lowest BCUT2D eigenvalue weighted by atomic mass is 10.2. The van der Waals surface area contributed by atoms with Gasteiger partial charge in [0.1, 0.15) is 22.8 Å². The van der Waals surface area contributed by atoms with Gasteiger partial charge in [-0.15, -0.1) is 0 Å². The zero-order valence-electron chi connectivity index (χ0n) is 15.6. The van der Waals surface area contributed by atoms with E-state index in [4.69, 9.17) is 4.42 Å². The fourth-order valence-electron chi connectivity index (χ4n) is 2.85. The predicted octanol–water partition coefficient (Wildman–Crippen LogP) is 1.92. The molecule has 0 fully saturated rings. The Kier molecular flexibility index (Phi) is 5.02. The standard InChI is InChI=1S/C20H18N6O3/c1-13-24-17(12-18(25-13)26-10-4-7-23-26)21-8-9-22-19(27)15-11-14-5-2-3-6-16(14)29-20(15)28/h2-7,10-12H,8-9H2,1H3,(H,22,27)(H,21,24,25). The zero-order chi connectivity index (χ0) is 20.2. The Balaban J connectivity index is 1.38. The molecule has 1 amide bonds. The molecule has 0 spiro atoms. The number of hydrogen-bond acceptors (Lipinski definition) is 7. The Labute approximate surface area is 165 Å². The minimum atomic E-state index is -0.663. The molecule has 0 bridgehead atoms. The van der Waals surface area contributed by atoms with Crippen LogP contribution >= 0.6 is 0 Å². The van der Waals surface area contributed by atoms with E-state index in [2.05, 4.69) is 25.7 Å². The number of aromatic nitrogens is 4. The van der Waals surface area contributed by atoms with Crippen LogP contribution in [0.2, 0.25) is 0 Å². The second kappa shape index (κ2) is 7.93. The number of nitrogens with one attached hydrogen (secondary N) is 2. The van der Waals surface area contributed by atoms with E-state index in [1.54, 1.807) is 48.3 Å². The number of para-hydroxylation sites is 1. The highest BCUT2D eigenvalue weighted by atomic mass is 16.4. The van der Waals surface area contributed by atoms with Gasteiger partial charge in [-0.25, -0.2) is 19.4 Å². The lowest BCUT2D eigenvalue weighted by Gasteiger charge is -2.09. The second-order valence-electron chi connectivity index (χ2n) is 6.28. The van der Waals surface area contributed by atoms with Gasteiger partial charge >= 0.3 is 5.63 Å². The third-order valence-electron chi connectivity index (χ3n) is 4.17. The number of carbonyl (C=O) groups is 1. The first-order chi connectivity index (χ1) is 14.1. The van der Waals surface area contributed by atoms with Gasteiger partial charge in [-0.2, -0.15) is 5.10 Å². The number of fused-ring (bicyclic) bond motifs is 1. The van der Waals surface area contributed by atoms with Crippen LogP contribution in [0.4, 0.5) is 5.82 Å². The SMILES string of the molecule is Cc1nc(NCCNC(=O)c2cc3ccccc3oc2=O)cc(-n2cccn2)n1. The Morgan fingerprint density at radius 3 is 2.83 bits per heavy atom. The molecule has 3 aromatic heterocycles. The van der Waals surface area contributed by atoms with Crippen LogP contribution in [-0.4, -0.2) is 38.7 Å². The van der Waals surface area contributed by atoms with Gasteiger partial charge in [0, 0.05) is 36.9 Å². The van der Waals surface area contributed by atoms with Crippen LogP contribution in [0.15, 0.2) is 64.1 Å². The van der Waals surface area contributed by atoms with Crippen LogP contribution in [0.25, 0.3) is 16.8 Å². The largest absolute Gasteiger partial charge is 0.422 e. The van der Waals surface area contributed by atoms with E-state index in [9.17, 15) is 9.59 Å². The van der Waals surface area contributed by atoms with Crippen molar-refractivity contribution in [2.45, 2.75) is 6.92 Å². The summed E-state index contributed by atoms with van der Waals surface area (Å²) in [5.74, 6) is 1.37. The van der Waals surface area contributed by atoms with Crippen LogP contribution in [0, 0.1) is 6.92 Å². The maximum Gasteiger partial charge on any atom is 0.349 e. The van der Waals surface area contributed by atoms with Crippen LogP contribution in [-0.2, 0) is 0 Å². The summed E-state index contributed by atoms with van der Waals surface area (Å²) in [7, 11) is 0. The van der Waals surface area contributed by atoms with E-state index < -0.39 is 11.5 Å². The summed E-state index contributed by atoms with van der Waals surface area (Å²) in [6.07, 6.45) is 3.46. The van der Waals surface area contributed by atoms with Crippen molar-refractivity contribution in [1.82, 2.24) is 25.1 Å². The number of carbonyl (C=O) groups excluding carboxylic acids is 1. The first kappa shape index (κ1) is 18.4. The lowest BCUT2D eigenvalue weighted by molar-refractivity contribution is 0.0951. The molecule has 1 aromatic carbocycles. The highest BCUT2D eigenvalue weighted by Gasteiger charge is 2.13. The topological polar surface area (TPSA) is 115 Å². The molecule has 0 radical (unpaired) electrons. The van der Waals surface area contributed by atoms with E-state index in [0.717, 1.165) is 0 Å². The average molecular weight is 390 g/mol. The van der Waals surface area contributed by atoms with E-state index in [1.807, 2.05) is 12.1 Å². The molecule has 0 aliphatic heterocycles. The molecule has 9 nitrogen and oxygen atoms in total. The predicted molar refractivity (Wildman–Crippen MR) is 107 cm³/mol. The van der Waals surface area contributed by atoms with E-state index in [1.165, 1.54) is 6.07 Å². The molecule has 9 heteroatoms. The van der Waals surface area contributed by atoms with E-state index >= 15 is 0 Å². The number of amides is 1. The molecular formula is C20H18N6O3. The third-order valence-corrected chi connectivity index (χ3v) is 4.17. The quantitative estimate of drug-likeness (QED) is 0.382. The summed E-state index contributed by atoms with van der Waals surface area (Å²) in [5.41, 5.74) is -0.241. The molecule has 29 heavy (non-hydrogen) atoms. The Morgan fingerprint density at radius 2 is 2.00 bits per heavy atom. The van der Waals surface area contributed by atoms with Gasteiger partial charge in [0.25, 0.3) is 5.91 Å². The Morgan fingerprint density at radius 1 is 1.14 bits per heavy atom. The number of hydrogen-bond donors (Lipinski definition) is 2. The highest BCUT2D eigenvalue weighted by Crippen LogP contribution is 2.12. The van der Waals surface area contributed by atoms with Crippen LogP contribution in [0.1, 0.15) is 16.2 Å². The molecule has 146 valence electrons. The maximum absolute atomic E-state index is 12.3. The zero-order valence-corrected chi connectivity index (χ0v) is 15.6. The molecule has 0 unspecified atom stereocenters. The smallest absolute Gasteiger partial charge is 0.349 e. The molecule has 4 aromatic rings. The molecule has 4 rings (SSSR count). The molecule has 0 saturated heterocycles. The molecule has 0 atom stereocenters. The van der Waals surface area contributed by atoms with Crippen molar-refractivity contribution in [1.29, 1.82) is 0 Å². The monoisotopic (exact) mass is 390 g/mol. The van der Waals surface area contributed by atoms with Gasteiger partial charge < -0.3 is 15.1 Å². The van der Waals surface area contributed by atoms with Crippen LogP contribution in [0.3, 0.4) is 0 Å². The third kappa shape index (κ3) is 4.13. The summed E-state index contributed by atoms with van der Waals surface area (Å²) in [6.45, 7) is 2.50. The highest BCUT2D eigenvalue weighted by molar-refractivity contribution is 5.96. The van der Waals surface area contributed by atoms with Gasteiger partial charge in [0.2, 0.25) is 0 Å². The van der Waals surface area contributed by atoms with Crippen LogP contribution in [0.5, 0.6) is 0 Å². The van der Waals surface area contributed by atoms with E-state index in [0.29, 0.717) is 41.5 Å². The average Bonchev–Trinajstić information content (AvgIpc) is 3.25. The molecular weight excluding hydrogens is 372 g/mol. The van der Waals surface area contributed by atoms with Crippen molar-refractivity contribution in [3.63, 3.8) is 0 Å². The maximum atomic E-state index is 12.3. The summed E-state index contributed by atoms with van der Waals surface area (Å²) in [6, 6.07) is 12.2. The number of anilines is 1. The van der Waals surface area contributed by atoms with Crippen molar-refractivity contribution in [3.05, 3.63) is 76.7 Å². The van der Waals surface area contributed by atoms with Crippen molar-refractivity contribution in [2.75, 3.05) is 18.4 Å². The molecule has 0 aliphatic rings. The van der Waals surface area contributed by atoms with Gasteiger partial charge in [-0.3, -0.25) is 4.79 Å². The number of nitrogens with zero attached hydrogens (tertiary/aromatic N) is 4. The van der Waals surface area contributed by atoms with Gasteiger partial charge in [-0.05, 0) is 25.1 Å². The first-order valence-electron chi connectivity index (χ1n) is 9.01. The number of benzene rings is 1. The first-order valence-corrected chi connectivity index (χ1v) is 9.01. The summed E-state index contributed by atoms with van der Waals surface area (Å²) >= 11 is 0.